The molecule has 1 aliphatic carbocycles. The predicted molar refractivity (Wildman–Crippen MR) is 87.5 cm³/mol. The maximum absolute atomic E-state index is 12.4. The normalized spacial score (nSPS) is 15.7. The molecular weight excluding hydrogens is 276 g/mol. The Balaban J connectivity index is 1.89. The molecule has 5 nitrogen and oxygen atoms in total. The van der Waals surface area contributed by atoms with Crippen LogP contribution < -0.4 is 11.1 Å². The molecule has 0 atom stereocenters. The van der Waals surface area contributed by atoms with Gasteiger partial charge < -0.3 is 11.1 Å². The van der Waals surface area contributed by atoms with Gasteiger partial charge in [-0.05, 0) is 44.0 Å². The van der Waals surface area contributed by atoms with Gasteiger partial charge in [-0.3, -0.25) is 14.8 Å². The molecule has 3 rings (SSSR count). The van der Waals surface area contributed by atoms with E-state index in [0.29, 0.717) is 22.5 Å². The first-order valence-corrected chi connectivity index (χ1v) is 7.22. The summed E-state index contributed by atoms with van der Waals surface area (Å²) in [6, 6.07) is 8.96. The Morgan fingerprint density at radius 3 is 2.86 bits per heavy atom. The molecule has 1 aromatic heterocycles. The van der Waals surface area contributed by atoms with Crippen LogP contribution >= 0.6 is 0 Å². The van der Waals surface area contributed by atoms with Crippen molar-refractivity contribution in [2.75, 3.05) is 5.73 Å². The molecule has 0 aliphatic heterocycles. The second kappa shape index (κ2) is 5.60. The number of aliphatic imine (C=N–C) groups is 1. The van der Waals surface area contributed by atoms with Crippen molar-refractivity contribution in [2.45, 2.75) is 25.3 Å². The van der Waals surface area contributed by atoms with Gasteiger partial charge in [-0.1, -0.05) is 6.07 Å². The van der Waals surface area contributed by atoms with Crippen molar-refractivity contribution >= 4 is 23.5 Å². The lowest BCUT2D eigenvalue weighted by molar-refractivity contribution is 0.0935. The van der Waals surface area contributed by atoms with Gasteiger partial charge in [-0.25, -0.2) is 0 Å². The number of benzene rings is 1. The summed E-state index contributed by atoms with van der Waals surface area (Å²) in [7, 11) is 0. The Morgan fingerprint density at radius 1 is 1.36 bits per heavy atom. The molecule has 0 spiro atoms. The number of pyridine rings is 1. The van der Waals surface area contributed by atoms with E-state index in [1.165, 1.54) is 0 Å². The monoisotopic (exact) mass is 294 g/mol. The Kier molecular flexibility index (Phi) is 3.63. The predicted octanol–water partition coefficient (Wildman–Crippen LogP) is 2.70. The number of anilines is 1. The molecule has 2 aromatic rings. The minimum Gasteiger partial charge on any atom is -0.398 e. The second-order valence-electron chi connectivity index (χ2n) is 5.79. The van der Waals surface area contributed by atoms with E-state index in [2.05, 4.69) is 15.3 Å². The number of rotatable bonds is 4. The lowest BCUT2D eigenvalue weighted by atomic mass is 10.0. The third-order valence-corrected chi connectivity index (χ3v) is 3.79. The van der Waals surface area contributed by atoms with E-state index < -0.39 is 0 Å². The zero-order valence-corrected chi connectivity index (χ0v) is 12.4. The number of hydrogen-bond donors (Lipinski definition) is 2. The van der Waals surface area contributed by atoms with Crippen molar-refractivity contribution < 1.29 is 4.79 Å². The number of nitrogen functional groups attached to an aromatic ring is 1. The molecule has 0 radical (unpaired) electrons. The highest BCUT2D eigenvalue weighted by molar-refractivity contribution is 6.06. The van der Waals surface area contributed by atoms with E-state index in [-0.39, 0.29) is 11.4 Å². The van der Waals surface area contributed by atoms with E-state index in [0.717, 1.165) is 12.8 Å². The summed E-state index contributed by atoms with van der Waals surface area (Å²) in [6.07, 6.45) is 6.99. The number of carbonyl (C=O) groups is 1. The summed E-state index contributed by atoms with van der Waals surface area (Å²) in [5, 5.41) is 3.04. The number of nitrogens with one attached hydrogen (secondary N) is 1. The molecule has 5 heteroatoms. The summed E-state index contributed by atoms with van der Waals surface area (Å²) in [6.45, 7) is 2.04. The lowest BCUT2D eigenvalue weighted by Crippen LogP contribution is -2.34. The largest absolute Gasteiger partial charge is 0.398 e. The number of aromatic nitrogens is 1. The molecule has 0 saturated heterocycles. The van der Waals surface area contributed by atoms with Gasteiger partial charge in [-0.15, -0.1) is 0 Å². The van der Waals surface area contributed by atoms with E-state index >= 15 is 0 Å². The smallest absolute Gasteiger partial charge is 0.252 e. The van der Waals surface area contributed by atoms with Crippen LogP contribution in [0.3, 0.4) is 0 Å². The number of hydrogen-bond acceptors (Lipinski definition) is 4. The fraction of sp³-hybridized carbons (Fsp3) is 0.235. The van der Waals surface area contributed by atoms with Crippen molar-refractivity contribution in [3.05, 3.63) is 53.9 Å². The average molecular weight is 294 g/mol. The SMILES string of the molecule is CC1(NC(=O)c2cccc(N)c2C=Nc2cccnc2)CC1. The zero-order chi connectivity index (χ0) is 15.6. The molecule has 1 amide bonds. The molecule has 1 heterocycles. The van der Waals surface area contributed by atoms with Gasteiger partial charge in [0.15, 0.2) is 0 Å². The first kappa shape index (κ1) is 14.3. The molecule has 0 bridgehead atoms. The maximum atomic E-state index is 12.4. The van der Waals surface area contributed by atoms with E-state index in [1.807, 2.05) is 19.1 Å². The molecule has 112 valence electrons. The van der Waals surface area contributed by atoms with Gasteiger partial charge >= 0.3 is 0 Å². The van der Waals surface area contributed by atoms with Crippen LogP contribution in [0, 0.1) is 0 Å². The third-order valence-electron chi connectivity index (χ3n) is 3.79. The highest BCUT2D eigenvalue weighted by Crippen LogP contribution is 2.34. The molecule has 1 saturated carbocycles. The Labute approximate surface area is 129 Å². The number of nitrogens with two attached hydrogens (primary N) is 1. The topological polar surface area (TPSA) is 80.4 Å². The van der Waals surface area contributed by atoms with E-state index in [1.54, 1.807) is 36.8 Å². The van der Waals surface area contributed by atoms with E-state index in [9.17, 15) is 4.79 Å². The first-order chi connectivity index (χ1) is 10.6. The third kappa shape index (κ3) is 3.14. The summed E-state index contributed by atoms with van der Waals surface area (Å²) < 4.78 is 0. The van der Waals surface area contributed by atoms with Crippen LogP contribution in [-0.4, -0.2) is 22.6 Å². The highest BCUT2D eigenvalue weighted by Gasteiger charge is 2.39. The van der Waals surface area contributed by atoms with Crippen LogP contribution in [0.4, 0.5) is 11.4 Å². The van der Waals surface area contributed by atoms with Crippen molar-refractivity contribution in [2.24, 2.45) is 4.99 Å². The molecule has 1 fully saturated rings. The maximum Gasteiger partial charge on any atom is 0.252 e. The Hall–Kier alpha value is -2.69. The van der Waals surface area contributed by atoms with E-state index in [4.69, 9.17) is 5.73 Å². The van der Waals surface area contributed by atoms with Gasteiger partial charge in [0.25, 0.3) is 5.91 Å². The van der Waals surface area contributed by atoms with Gasteiger partial charge in [0.1, 0.15) is 0 Å². The Bertz CT molecular complexity index is 721. The standard InChI is InChI=1S/C17H18N4O/c1-17(7-8-17)21-16(22)13-5-2-6-15(18)14(13)11-20-12-4-3-9-19-10-12/h2-6,9-11H,7-8,18H2,1H3,(H,21,22). The van der Waals surface area contributed by atoms with Crippen molar-refractivity contribution in [3.63, 3.8) is 0 Å². The minimum atomic E-state index is -0.111. The quantitative estimate of drug-likeness (QED) is 0.672. The molecule has 22 heavy (non-hydrogen) atoms. The molecular formula is C17H18N4O. The molecule has 0 unspecified atom stereocenters. The number of nitrogens with zero attached hydrogens (tertiary/aromatic N) is 2. The summed E-state index contributed by atoms with van der Waals surface area (Å²) in [5.74, 6) is -0.111. The van der Waals surface area contributed by atoms with Crippen LogP contribution in [0.15, 0.2) is 47.7 Å². The van der Waals surface area contributed by atoms with Gasteiger partial charge in [0.2, 0.25) is 0 Å². The van der Waals surface area contributed by atoms with Crippen LogP contribution in [0.25, 0.3) is 0 Å². The van der Waals surface area contributed by atoms with Crippen LogP contribution in [0.1, 0.15) is 35.7 Å². The fourth-order valence-corrected chi connectivity index (χ4v) is 2.15. The molecule has 1 aromatic carbocycles. The van der Waals surface area contributed by atoms with Gasteiger partial charge in [0.05, 0.1) is 17.4 Å². The summed E-state index contributed by atoms with van der Waals surface area (Å²) in [5.41, 5.74) is 8.36. The van der Waals surface area contributed by atoms with Crippen molar-refractivity contribution in [1.29, 1.82) is 0 Å². The van der Waals surface area contributed by atoms with Crippen LogP contribution in [0.2, 0.25) is 0 Å². The Morgan fingerprint density at radius 2 is 2.18 bits per heavy atom. The molecule has 1 aliphatic rings. The second-order valence-corrected chi connectivity index (χ2v) is 5.79. The van der Waals surface area contributed by atoms with Crippen LogP contribution in [-0.2, 0) is 0 Å². The van der Waals surface area contributed by atoms with Gasteiger partial charge in [0, 0.05) is 29.2 Å². The van der Waals surface area contributed by atoms with Crippen molar-refractivity contribution in [1.82, 2.24) is 10.3 Å². The lowest BCUT2D eigenvalue weighted by Gasteiger charge is -2.13. The van der Waals surface area contributed by atoms with Crippen LogP contribution in [0.5, 0.6) is 0 Å². The summed E-state index contributed by atoms with van der Waals surface area (Å²) in [4.78, 5) is 20.8. The average Bonchev–Trinajstić information content (AvgIpc) is 3.24. The zero-order valence-electron chi connectivity index (χ0n) is 12.4. The minimum absolute atomic E-state index is 0.0700. The summed E-state index contributed by atoms with van der Waals surface area (Å²) >= 11 is 0. The number of amides is 1. The molecule has 3 N–H and O–H groups in total. The first-order valence-electron chi connectivity index (χ1n) is 7.22. The van der Waals surface area contributed by atoms with Crippen molar-refractivity contribution in [3.8, 4) is 0 Å². The number of carbonyl (C=O) groups excluding carboxylic acids is 1. The fourth-order valence-electron chi connectivity index (χ4n) is 2.15. The highest BCUT2D eigenvalue weighted by atomic mass is 16.1. The van der Waals surface area contributed by atoms with Gasteiger partial charge in [-0.2, -0.15) is 0 Å².